The van der Waals surface area contributed by atoms with E-state index in [1.165, 1.54) is 0 Å². The molecule has 0 unspecified atom stereocenters. The average Bonchev–Trinajstić information content (AvgIpc) is 3.16. The van der Waals surface area contributed by atoms with Crippen LogP contribution in [0.15, 0.2) is 66.9 Å². The van der Waals surface area contributed by atoms with Crippen LogP contribution < -0.4 is 15.4 Å². The van der Waals surface area contributed by atoms with E-state index in [-0.39, 0.29) is 18.0 Å². The van der Waals surface area contributed by atoms with Gasteiger partial charge in [0.05, 0.1) is 18.8 Å². The van der Waals surface area contributed by atoms with Crippen molar-refractivity contribution < 1.29 is 9.53 Å². The lowest BCUT2D eigenvalue weighted by Crippen LogP contribution is -2.31. The first-order valence-electron chi connectivity index (χ1n) is 9.13. The van der Waals surface area contributed by atoms with E-state index in [1.54, 1.807) is 17.8 Å². The Morgan fingerprint density at radius 3 is 2.55 bits per heavy atom. The van der Waals surface area contributed by atoms with Gasteiger partial charge >= 0.3 is 6.03 Å². The molecule has 2 amide bonds. The third-order valence-electron chi connectivity index (χ3n) is 4.50. The molecule has 2 N–H and O–H groups in total. The lowest BCUT2D eigenvalue weighted by Gasteiger charge is -2.13. The van der Waals surface area contributed by atoms with Crippen LogP contribution in [0.4, 0.5) is 10.7 Å². The number of ether oxygens (including phenoxy) is 1. The standard InChI is InChI=1S/C21H20N6O2/c1-14(15-6-4-3-5-7-15)23-21(28)25-19-24-20-22-13-12-18(27(20)26-19)16-8-10-17(29-2)11-9-16/h3-14H,1-2H3,(H2,23,25,26,28)/t14-/m0/s1. The van der Waals surface area contributed by atoms with Gasteiger partial charge in [-0.15, -0.1) is 5.10 Å². The molecule has 2 heterocycles. The second-order valence-corrected chi connectivity index (χ2v) is 6.44. The Balaban J connectivity index is 1.53. The minimum absolute atomic E-state index is 0.152. The summed E-state index contributed by atoms with van der Waals surface area (Å²) < 4.78 is 6.80. The Kier molecular flexibility index (Phi) is 5.07. The van der Waals surface area contributed by atoms with Crippen molar-refractivity contribution in [2.45, 2.75) is 13.0 Å². The van der Waals surface area contributed by atoms with E-state index in [1.807, 2.05) is 67.6 Å². The van der Waals surface area contributed by atoms with Gasteiger partial charge in [0.2, 0.25) is 0 Å². The molecule has 2 aromatic heterocycles. The third kappa shape index (κ3) is 4.01. The summed E-state index contributed by atoms with van der Waals surface area (Å²) >= 11 is 0. The molecule has 2 aromatic carbocycles. The van der Waals surface area contributed by atoms with Crippen molar-refractivity contribution in [1.82, 2.24) is 24.9 Å². The minimum Gasteiger partial charge on any atom is -0.497 e. The molecule has 0 radical (unpaired) electrons. The van der Waals surface area contributed by atoms with E-state index in [0.717, 1.165) is 22.6 Å². The lowest BCUT2D eigenvalue weighted by molar-refractivity contribution is 0.249. The number of benzene rings is 2. The van der Waals surface area contributed by atoms with Crippen LogP contribution >= 0.6 is 0 Å². The predicted octanol–water partition coefficient (Wildman–Crippen LogP) is 3.68. The van der Waals surface area contributed by atoms with Crippen molar-refractivity contribution in [2.75, 3.05) is 12.4 Å². The highest BCUT2D eigenvalue weighted by atomic mass is 16.5. The number of hydrogen-bond acceptors (Lipinski definition) is 5. The molecule has 0 aliphatic rings. The summed E-state index contributed by atoms with van der Waals surface area (Å²) in [5, 5.41) is 9.94. The van der Waals surface area contributed by atoms with Crippen LogP contribution in [-0.4, -0.2) is 32.7 Å². The molecule has 0 spiro atoms. The van der Waals surface area contributed by atoms with E-state index >= 15 is 0 Å². The Morgan fingerprint density at radius 1 is 1.07 bits per heavy atom. The van der Waals surface area contributed by atoms with Crippen LogP contribution in [0.25, 0.3) is 17.0 Å². The van der Waals surface area contributed by atoms with Gasteiger partial charge in [0, 0.05) is 11.8 Å². The number of rotatable bonds is 5. The zero-order chi connectivity index (χ0) is 20.2. The number of nitrogens with zero attached hydrogens (tertiary/aromatic N) is 4. The molecular weight excluding hydrogens is 368 g/mol. The number of methoxy groups -OCH3 is 1. The monoisotopic (exact) mass is 388 g/mol. The summed E-state index contributed by atoms with van der Waals surface area (Å²) in [6, 6.07) is 18.6. The van der Waals surface area contributed by atoms with Gasteiger partial charge in [0.25, 0.3) is 11.7 Å². The van der Waals surface area contributed by atoms with E-state index in [0.29, 0.717) is 5.78 Å². The fourth-order valence-corrected chi connectivity index (χ4v) is 2.99. The maximum Gasteiger partial charge on any atom is 0.322 e. The zero-order valence-electron chi connectivity index (χ0n) is 16.0. The van der Waals surface area contributed by atoms with Crippen LogP contribution in [0.1, 0.15) is 18.5 Å². The Morgan fingerprint density at radius 2 is 1.83 bits per heavy atom. The minimum atomic E-state index is -0.386. The SMILES string of the molecule is COc1ccc(-c2ccnc3nc(NC(=O)N[C@@H](C)c4ccccc4)nn23)cc1. The number of anilines is 1. The molecule has 8 nitrogen and oxygen atoms in total. The summed E-state index contributed by atoms with van der Waals surface area (Å²) in [7, 11) is 1.62. The number of carbonyl (C=O) groups excluding carboxylic acids is 1. The molecule has 146 valence electrons. The maximum atomic E-state index is 12.4. The van der Waals surface area contributed by atoms with Crippen molar-refractivity contribution >= 4 is 17.8 Å². The lowest BCUT2D eigenvalue weighted by atomic mass is 10.1. The number of aromatic nitrogens is 4. The van der Waals surface area contributed by atoms with E-state index in [4.69, 9.17) is 4.74 Å². The highest BCUT2D eigenvalue weighted by Gasteiger charge is 2.14. The normalized spacial score (nSPS) is 11.8. The first kappa shape index (κ1) is 18.4. The van der Waals surface area contributed by atoms with E-state index in [9.17, 15) is 4.79 Å². The molecule has 4 aromatic rings. The van der Waals surface area contributed by atoms with Crippen molar-refractivity contribution in [3.05, 3.63) is 72.4 Å². The highest BCUT2D eigenvalue weighted by Crippen LogP contribution is 2.22. The number of fused-ring (bicyclic) bond motifs is 1. The number of nitrogens with one attached hydrogen (secondary N) is 2. The van der Waals surface area contributed by atoms with Crippen molar-refractivity contribution in [1.29, 1.82) is 0 Å². The van der Waals surface area contributed by atoms with Crippen LogP contribution in [-0.2, 0) is 0 Å². The molecule has 1 atom stereocenters. The van der Waals surface area contributed by atoms with Crippen molar-refractivity contribution in [3.8, 4) is 17.0 Å². The summed E-state index contributed by atoms with van der Waals surface area (Å²) in [5.41, 5.74) is 2.74. The highest BCUT2D eigenvalue weighted by molar-refractivity contribution is 5.87. The smallest absolute Gasteiger partial charge is 0.322 e. The molecule has 0 bridgehead atoms. The van der Waals surface area contributed by atoms with E-state index in [2.05, 4.69) is 25.7 Å². The molecule has 0 saturated heterocycles. The Bertz CT molecular complexity index is 1130. The summed E-state index contributed by atoms with van der Waals surface area (Å²) in [4.78, 5) is 20.9. The van der Waals surface area contributed by atoms with Gasteiger partial charge in [-0.25, -0.2) is 9.78 Å². The van der Waals surface area contributed by atoms with Gasteiger partial charge in [-0.05, 0) is 42.8 Å². The average molecular weight is 388 g/mol. The number of urea groups is 1. The molecule has 0 aliphatic heterocycles. The van der Waals surface area contributed by atoms with Crippen LogP contribution in [0.2, 0.25) is 0 Å². The largest absolute Gasteiger partial charge is 0.497 e. The topological polar surface area (TPSA) is 93.4 Å². The molecule has 4 rings (SSSR count). The summed E-state index contributed by atoms with van der Waals surface area (Å²) in [5.74, 6) is 1.34. The summed E-state index contributed by atoms with van der Waals surface area (Å²) in [6.45, 7) is 1.91. The first-order chi connectivity index (χ1) is 14.1. The first-order valence-corrected chi connectivity index (χ1v) is 9.13. The molecule has 8 heteroatoms. The van der Waals surface area contributed by atoms with E-state index < -0.39 is 0 Å². The number of hydrogen-bond donors (Lipinski definition) is 2. The molecule has 29 heavy (non-hydrogen) atoms. The Labute approximate surface area is 167 Å². The third-order valence-corrected chi connectivity index (χ3v) is 4.50. The second-order valence-electron chi connectivity index (χ2n) is 6.44. The van der Waals surface area contributed by atoms with Gasteiger partial charge in [-0.2, -0.15) is 9.50 Å². The van der Waals surface area contributed by atoms with Crippen molar-refractivity contribution in [2.24, 2.45) is 0 Å². The number of carbonyl (C=O) groups is 1. The van der Waals surface area contributed by atoms with Gasteiger partial charge in [-0.1, -0.05) is 30.3 Å². The zero-order valence-corrected chi connectivity index (χ0v) is 16.0. The fraction of sp³-hybridized carbons (Fsp3) is 0.143. The fourth-order valence-electron chi connectivity index (χ4n) is 2.99. The quantitative estimate of drug-likeness (QED) is 0.544. The van der Waals surface area contributed by atoms with Crippen LogP contribution in [0.3, 0.4) is 0 Å². The van der Waals surface area contributed by atoms with Gasteiger partial charge < -0.3 is 10.1 Å². The molecule has 0 aliphatic carbocycles. The van der Waals surface area contributed by atoms with Gasteiger partial charge in [0.15, 0.2) is 0 Å². The molecular formula is C21H20N6O2. The molecule has 0 fully saturated rings. The second kappa shape index (κ2) is 7.97. The number of amides is 2. The van der Waals surface area contributed by atoms with Crippen LogP contribution in [0.5, 0.6) is 5.75 Å². The molecule has 0 saturated carbocycles. The maximum absolute atomic E-state index is 12.4. The van der Waals surface area contributed by atoms with Crippen molar-refractivity contribution in [3.63, 3.8) is 0 Å². The summed E-state index contributed by atoms with van der Waals surface area (Å²) in [6.07, 6.45) is 1.66. The predicted molar refractivity (Wildman–Crippen MR) is 110 cm³/mol. The van der Waals surface area contributed by atoms with Gasteiger partial charge in [0.1, 0.15) is 5.75 Å². The Hall–Kier alpha value is -3.94. The van der Waals surface area contributed by atoms with Crippen LogP contribution in [0, 0.1) is 0 Å². The van der Waals surface area contributed by atoms with Gasteiger partial charge in [-0.3, -0.25) is 5.32 Å².